The fraction of sp³-hybridized carbons (Fsp3) is 0.533. The molecule has 0 aliphatic carbocycles. The molecule has 1 atom stereocenters. The summed E-state index contributed by atoms with van der Waals surface area (Å²) < 4.78 is 10.9. The van der Waals surface area contributed by atoms with E-state index in [1.54, 1.807) is 0 Å². The topological polar surface area (TPSA) is 59.6 Å². The Bertz CT molecular complexity index is 414. The van der Waals surface area contributed by atoms with Crippen LogP contribution < -0.4 is 15.4 Å². The Balaban J connectivity index is 1.58. The lowest BCUT2D eigenvalue weighted by Crippen LogP contribution is -2.44. The number of amides is 1. The minimum absolute atomic E-state index is 0.0282. The van der Waals surface area contributed by atoms with Gasteiger partial charge in [0.05, 0.1) is 19.8 Å². The third kappa shape index (κ3) is 5.19. The van der Waals surface area contributed by atoms with Crippen LogP contribution in [-0.2, 0) is 9.53 Å². The highest BCUT2D eigenvalue weighted by Crippen LogP contribution is 2.10. The summed E-state index contributed by atoms with van der Waals surface area (Å²) >= 11 is 0. The fourth-order valence-corrected chi connectivity index (χ4v) is 2.04. The summed E-state index contributed by atoms with van der Waals surface area (Å²) in [6.07, 6.45) is 0.449. The number of carbonyl (C=O) groups excluding carboxylic acids is 1. The Labute approximate surface area is 119 Å². The molecule has 1 aliphatic rings. The minimum Gasteiger partial charge on any atom is -0.492 e. The van der Waals surface area contributed by atoms with Crippen LogP contribution in [0, 0.1) is 6.92 Å². The average molecular weight is 278 g/mol. The summed E-state index contributed by atoms with van der Waals surface area (Å²) in [6, 6.07) is 7.99. The first-order chi connectivity index (χ1) is 9.74. The van der Waals surface area contributed by atoms with Crippen molar-refractivity contribution in [3.8, 4) is 5.75 Å². The molecular weight excluding hydrogens is 256 g/mol. The molecule has 1 aromatic rings. The standard InChI is InChI=1S/C15H22N2O3/c1-12-2-4-14(5-3-12)20-9-7-17-15(18)10-13-11-19-8-6-16-13/h2-5,13,16H,6-11H2,1H3,(H,17,18). The lowest BCUT2D eigenvalue weighted by molar-refractivity contribution is -0.122. The highest BCUT2D eigenvalue weighted by molar-refractivity contribution is 5.76. The molecule has 1 aliphatic heterocycles. The van der Waals surface area contributed by atoms with Gasteiger partial charge in [-0.2, -0.15) is 0 Å². The molecule has 0 spiro atoms. The van der Waals surface area contributed by atoms with Crippen molar-refractivity contribution in [3.05, 3.63) is 29.8 Å². The van der Waals surface area contributed by atoms with Gasteiger partial charge in [0.25, 0.3) is 0 Å². The van der Waals surface area contributed by atoms with Crippen LogP contribution >= 0.6 is 0 Å². The van der Waals surface area contributed by atoms with Gasteiger partial charge >= 0.3 is 0 Å². The molecular formula is C15H22N2O3. The van der Waals surface area contributed by atoms with Crippen LogP contribution in [0.2, 0.25) is 0 Å². The first-order valence-electron chi connectivity index (χ1n) is 7.01. The van der Waals surface area contributed by atoms with Crippen LogP contribution in [0.25, 0.3) is 0 Å². The summed E-state index contributed by atoms with van der Waals surface area (Å²) in [6.45, 7) is 5.17. The van der Waals surface area contributed by atoms with Crippen molar-refractivity contribution in [1.29, 1.82) is 0 Å². The molecule has 1 saturated heterocycles. The molecule has 5 nitrogen and oxygen atoms in total. The molecule has 1 heterocycles. The molecule has 2 N–H and O–H groups in total. The molecule has 0 bridgehead atoms. The van der Waals surface area contributed by atoms with Crippen molar-refractivity contribution in [3.63, 3.8) is 0 Å². The zero-order chi connectivity index (χ0) is 14.2. The van der Waals surface area contributed by atoms with Gasteiger partial charge in [-0.25, -0.2) is 0 Å². The van der Waals surface area contributed by atoms with E-state index in [1.807, 2.05) is 31.2 Å². The number of carbonyl (C=O) groups is 1. The molecule has 20 heavy (non-hydrogen) atoms. The lowest BCUT2D eigenvalue weighted by atomic mass is 10.2. The quantitative estimate of drug-likeness (QED) is 0.758. The number of hydrogen-bond acceptors (Lipinski definition) is 4. The van der Waals surface area contributed by atoms with Gasteiger partial charge in [-0.05, 0) is 19.1 Å². The molecule has 5 heteroatoms. The average Bonchev–Trinajstić information content (AvgIpc) is 2.46. The Morgan fingerprint density at radius 3 is 2.95 bits per heavy atom. The highest BCUT2D eigenvalue weighted by Gasteiger charge is 2.16. The maximum Gasteiger partial charge on any atom is 0.221 e. The monoisotopic (exact) mass is 278 g/mol. The van der Waals surface area contributed by atoms with Gasteiger partial charge in [-0.15, -0.1) is 0 Å². The molecule has 0 aromatic heterocycles. The van der Waals surface area contributed by atoms with Crippen LogP contribution in [0.5, 0.6) is 5.75 Å². The smallest absolute Gasteiger partial charge is 0.221 e. The number of rotatable bonds is 6. The Hall–Kier alpha value is -1.59. The molecule has 1 fully saturated rings. The molecule has 1 amide bonds. The van der Waals surface area contributed by atoms with E-state index in [9.17, 15) is 4.79 Å². The van der Waals surface area contributed by atoms with Gasteiger partial charge in [0, 0.05) is 19.0 Å². The minimum atomic E-state index is 0.0282. The first kappa shape index (κ1) is 14.8. The number of nitrogens with one attached hydrogen (secondary N) is 2. The third-order valence-electron chi connectivity index (χ3n) is 3.14. The summed E-state index contributed by atoms with van der Waals surface area (Å²) in [5, 5.41) is 6.11. The van der Waals surface area contributed by atoms with Gasteiger partial charge in [-0.1, -0.05) is 17.7 Å². The Morgan fingerprint density at radius 1 is 1.45 bits per heavy atom. The van der Waals surface area contributed by atoms with E-state index in [0.717, 1.165) is 18.9 Å². The van der Waals surface area contributed by atoms with Crippen molar-refractivity contribution in [2.24, 2.45) is 0 Å². The summed E-state index contributed by atoms with van der Waals surface area (Å²) in [5.74, 6) is 0.854. The second-order valence-electron chi connectivity index (χ2n) is 4.94. The van der Waals surface area contributed by atoms with Crippen molar-refractivity contribution in [2.75, 3.05) is 32.9 Å². The molecule has 1 aromatic carbocycles. The zero-order valence-corrected chi connectivity index (χ0v) is 11.9. The SMILES string of the molecule is Cc1ccc(OCCNC(=O)CC2COCCN2)cc1. The van der Waals surface area contributed by atoms with Gasteiger partial charge < -0.3 is 20.1 Å². The maximum atomic E-state index is 11.7. The van der Waals surface area contributed by atoms with Crippen LogP contribution in [0.15, 0.2) is 24.3 Å². The van der Waals surface area contributed by atoms with Crippen molar-refractivity contribution in [2.45, 2.75) is 19.4 Å². The summed E-state index contributed by atoms with van der Waals surface area (Å²) in [5.41, 5.74) is 1.20. The number of aryl methyl sites for hydroxylation is 1. The van der Waals surface area contributed by atoms with E-state index >= 15 is 0 Å². The van der Waals surface area contributed by atoms with E-state index in [2.05, 4.69) is 10.6 Å². The van der Waals surface area contributed by atoms with Gasteiger partial charge in [0.15, 0.2) is 0 Å². The van der Waals surface area contributed by atoms with E-state index < -0.39 is 0 Å². The highest BCUT2D eigenvalue weighted by atomic mass is 16.5. The van der Waals surface area contributed by atoms with Crippen LogP contribution in [-0.4, -0.2) is 44.9 Å². The second kappa shape index (κ2) is 7.87. The van der Waals surface area contributed by atoms with Gasteiger partial charge in [0.1, 0.15) is 12.4 Å². The zero-order valence-electron chi connectivity index (χ0n) is 11.9. The number of benzene rings is 1. The lowest BCUT2D eigenvalue weighted by Gasteiger charge is -2.23. The fourth-order valence-electron chi connectivity index (χ4n) is 2.04. The first-order valence-corrected chi connectivity index (χ1v) is 7.01. The Kier molecular flexibility index (Phi) is 5.83. The molecule has 2 rings (SSSR count). The largest absolute Gasteiger partial charge is 0.492 e. The predicted octanol–water partition coefficient (Wildman–Crippen LogP) is 0.869. The van der Waals surface area contributed by atoms with Crippen molar-refractivity contribution < 1.29 is 14.3 Å². The maximum absolute atomic E-state index is 11.7. The molecule has 0 saturated carbocycles. The van der Waals surface area contributed by atoms with E-state index in [-0.39, 0.29) is 11.9 Å². The molecule has 1 unspecified atom stereocenters. The van der Waals surface area contributed by atoms with E-state index in [0.29, 0.717) is 26.2 Å². The van der Waals surface area contributed by atoms with Gasteiger partial charge in [0.2, 0.25) is 5.91 Å². The number of ether oxygens (including phenoxy) is 2. The van der Waals surface area contributed by atoms with Crippen molar-refractivity contribution in [1.82, 2.24) is 10.6 Å². The molecule has 0 radical (unpaired) electrons. The predicted molar refractivity (Wildman–Crippen MR) is 76.9 cm³/mol. The summed E-state index contributed by atoms with van der Waals surface area (Å²) in [4.78, 5) is 11.7. The van der Waals surface area contributed by atoms with Crippen LogP contribution in [0.3, 0.4) is 0 Å². The normalized spacial score (nSPS) is 18.6. The van der Waals surface area contributed by atoms with Crippen molar-refractivity contribution >= 4 is 5.91 Å². The van der Waals surface area contributed by atoms with E-state index in [1.165, 1.54) is 5.56 Å². The van der Waals surface area contributed by atoms with Crippen LogP contribution in [0.4, 0.5) is 0 Å². The number of morpholine rings is 1. The summed E-state index contributed by atoms with van der Waals surface area (Å²) in [7, 11) is 0. The van der Waals surface area contributed by atoms with Gasteiger partial charge in [-0.3, -0.25) is 4.79 Å². The second-order valence-corrected chi connectivity index (χ2v) is 4.94. The number of hydrogen-bond donors (Lipinski definition) is 2. The third-order valence-corrected chi connectivity index (χ3v) is 3.14. The van der Waals surface area contributed by atoms with E-state index in [4.69, 9.17) is 9.47 Å². The Morgan fingerprint density at radius 2 is 2.25 bits per heavy atom. The van der Waals surface area contributed by atoms with Crippen LogP contribution in [0.1, 0.15) is 12.0 Å². The molecule has 110 valence electrons.